The SMILES string of the molecule is CCOC(=O)c1cnc2cc(F)c(Br)cc2c1N[C@H]1CCC(O)C1. The standard InChI is InChI=1S/C17H18BrFN2O3/c1-2-24-17(23)12-8-20-15-7-14(19)13(18)6-11(15)16(12)21-9-3-4-10(22)5-9/h6-10,22H,2-5H2,1H3,(H,20,21)/t9-,10?/m0/s1. The molecule has 128 valence electrons. The van der Waals surface area contributed by atoms with Gasteiger partial charge < -0.3 is 15.2 Å². The second kappa shape index (κ2) is 7.03. The van der Waals surface area contributed by atoms with Crippen LogP contribution in [0.15, 0.2) is 22.8 Å². The third-order valence-corrected chi connectivity index (χ3v) is 4.77. The minimum absolute atomic E-state index is 0.0441. The zero-order chi connectivity index (χ0) is 17.3. The van der Waals surface area contributed by atoms with E-state index < -0.39 is 11.8 Å². The van der Waals surface area contributed by atoms with Crippen LogP contribution in [-0.2, 0) is 4.74 Å². The molecule has 1 aromatic carbocycles. The number of hydrogen-bond donors (Lipinski definition) is 2. The zero-order valence-corrected chi connectivity index (χ0v) is 14.8. The Labute approximate surface area is 147 Å². The molecule has 1 aromatic heterocycles. The molecule has 5 nitrogen and oxygen atoms in total. The molecule has 1 aliphatic carbocycles. The average Bonchev–Trinajstić information content (AvgIpc) is 2.94. The normalized spacial score (nSPS) is 20.3. The van der Waals surface area contributed by atoms with Gasteiger partial charge in [-0.25, -0.2) is 9.18 Å². The summed E-state index contributed by atoms with van der Waals surface area (Å²) in [6.45, 7) is 1.99. The van der Waals surface area contributed by atoms with E-state index in [0.717, 1.165) is 6.42 Å². The van der Waals surface area contributed by atoms with Crippen molar-refractivity contribution in [1.82, 2.24) is 4.98 Å². The molecule has 0 spiro atoms. The Balaban J connectivity index is 2.10. The zero-order valence-electron chi connectivity index (χ0n) is 13.2. The quantitative estimate of drug-likeness (QED) is 0.771. The highest BCUT2D eigenvalue weighted by atomic mass is 79.9. The van der Waals surface area contributed by atoms with E-state index in [9.17, 15) is 14.3 Å². The third kappa shape index (κ3) is 3.37. The smallest absolute Gasteiger partial charge is 0.341 e. The van der Waals surface area contributed by atoms with Gasteiger partial charge in [-0.1, -0.05) is 0 Å². The number of carbonyl (C=O) groups is 1. The molecule has 0 amide bonds. The fourth-order valence-corrected chi connectivity index (χ4v) is 3.34. The fourth-order valence-electron chi connectivity index (χ4n) is 3.00. The summed E-state index contributed by atoms with van der Waals surface area (Å²) in [4.78, 5) is 16.4. The Morgan fingerprint density at radius 2 is 2.29 bits per heavy atom. The topological polar surface area (TPSA) is 71.5 Å². The number of fused-ring (bicyclic) bond motifs is 1. The first-order valence-electron chi connectivity index (χ1n) is 7.89. The van der Waals surface area contributed by atoms with Gasteiger partial charge in [0, 0.05) is 23.7 Å². The van der Waals surface area contributed by atoms with E-state index in [1.54, 1.807) is 13.0 Å². The van der Waals surface area contributed by atoms with Crippen molar-refractivity contribution in [3.05, 3.63) is 34.2 Å². The molecule has 2 N–H and O–H groups in total. The number of benzene rings is 1. The second-order valence-electron chi connectivity index (χ2n) is 5.86. The number of halogens is 2. The van der Waals surface area contributed by atoms with Gasteiger partial charge in [0.1, 0.15) is 11.4 Å². The fraction of sp³-hybridized carbons (Fsp3) is 0.412. The predicted octanol–water partition coefficient (Wildman–Crippen LogP) is 3.64. The Morgan fingerprint density at radius 3 is 2.96 bits per heavy atom. The van der Waals surface area contributed by atoms with Crippen LogP contribution in [0.4, 0.5) is 10.1 Å². The van der Waals surface area contributed by atoms with E-state index in [1.165, 1.54) is 12.3 Å². The predicted molar refractivity (Wildman–Crippen MR) is 92.6 cm³/mol. The molecule has 0 radical (unpaired) electrons. The summed E-state index contributed by atoms with van der Waals surface area (Å²) in [5, 5.41) is 13.7. The number of aliphatic hydroxyl groups excluding tert-OH is 1. The number of pyridine rings is 1. The Bertz CT molecular complexity index is 784. The van der Waals surface area contributed by atoms with Crippen LogP contribution in [0.2, 0.25) is 0 Å². The maximum atomic E-state index is 13.8. The van der Waals surface area contributed by atoms with Crippen LogP contribution in [-0.4, -0.2) is 34.8 Å². The van der Waals surface area contributed by atoms with Gasteiger partial charge in [0.2, 0.25) is 0 Å². The number of hydrogen-bond acceptors (Lipinski definition) is 5. The van der Waals surface area contributed by atoms with Crippen molar-refractivity contribution < 1.29 is 19.0 Å². The molecule has 2 aromatic rings. The molecule has 1 aliphatic rings. The molecule has 0 bridgehead atoms. The maximum absolute atomic E-state index is 13.8. The number of aliphatic hydroxyl groups is 1. The van der Waals surface area contributed by atoms with E-state index in [0.29, 0.717) is 39.5 Å². The number of ether oxygens (including phenoxy) is 1. The lowest BCUT2D eigenvalue weighted by Gasteiger charge is -2.19. The van der Waals surface area contributed by atoms with Gasteiger partial charge in [-0.2, -0.15) is 0 Å². The number of aromatic nitrogens is 1. The van der Waals surface area contributed by atoms with Crippen LogP contribution in [0.25, 0.3) is 10.9 Å². The third-order valence-electron chi connectivity index (χ3n) is 4.16. The van der Waals surface area contributed by atoms with E-state index in [1.807, 2.05) is 0 Å². The van der Waals surface area contributed by atoms with Crippen LogP contribution in [0.1, 0.15) is 36.5 Å². The first-order chi connectivity index (χ1) is 11.5. The molecular formula is C17H18BrFN2O3. The highest BCUT2D eigenvalue weighted by Crippen LogP contribution is 2.33. The van der Waals surface area contributed by atoms with E-state index in [4.69, 9.17) is 4.74 Å². The number of carbonyl (C=O) groups excluding carboxylic acids is 1. The monoisotopic (exact) mass is 396 g/mol. The summed E-state index contributed by atoms with van der Waals surface area (Å²) in [7, 11) is 0. The lowest BCUT2D eigenvalue weighted by atomic mass is 10.1. The first kappa shape index (κ1) is 17.1. The largest absolute Gasteiger partial charge is 0.462 e. The van der Waals surface area contributed by atoms with Crippen molar-refractivity contribution in [3.8, 4) is 0 Å². The summed E-state index contributed by atoms with van der Waals surface area (Å²) in [5.41, 5.74) is 1.33. The Morgan fingerprint density at radius 1 is 1.50 bits per heavy atom. The van der Waals surface area contributed by atoms with Gasteiger partial charge in [0.15, 0.2) is 0 Å². The van der Waals surface area contributed by atoms with Crippen LogP contribution < -0.4 is 5.32 Å². The lowest BCUT2D eigenvalue weighted by Crippen LogP contribution is -2.20. The van der Waals surface area contributed by atoms with Gasteiger partial charge in [-0.05, 0) is 48.2 Å². The van der Waals surface area contributed by atoms with E-state index in [-0.39, 0.29) is 18.8 Å². The van der Waals surface area contributed by atoms with Crippen molar-refractivity contribution in [3.63, 3.8) is 0 Å². The molecular weight excluding hydrogens is 379 g/mol. The molecule has 1 saturated carbocycles. The average molecular weight is 397 g/mol. The molecule has 1 fully saturated rings. The van der Waals surface area contributed by atoms with E-state index >= 15 is 0 Å². The summed E-state index contributed by atoms with van der Waals surface area (Å²) in [5.74, 6) is -0.894. The van der Waals surface area contributed by atoms with Crippen molar-refractivity contribution in [2.24, 2.45) is 0 Å². The molecule has 0 aliphatic heterocycles. The van der Waals surface area contributed by atoms with Gasteiger partial charge >= 0.3 is 5.97 Å². The van der Waals surface area contributed by atoms with Crippen molar-refractivity contribution in [1.29, 1.82) is 0 Å². The molecule has 0 saturated heterocycles. The lowest BCUT2D eigenvalue weighted by molar-refractivity contribution is 0.0527. The number of nitrogens with zero attached hydrogens (tertiary/aromatic N) is 1. The molecule has 1 heterocycles. The van der Waals surface area contributed by atoms with Crippen molar-refractivity contribution >= 4 is 38.5 Å². The van der Waals surface area contributed by atoms with Crippen molar-refractivity contribution in [2.45, 2.75) is 38.3 Å². The molecule has 3 rings (SSSR count). The van der Waals surface area contributed by atoms with Gasteiger partial charge in [0.05, 0.1) is 28.4 Å². The molecule has 1 unspecified atom stereocenters. The number of esters is 1. The van der Waals surface area contributed by atoms with Crippen LogP contribution in [0.5, 0.6) is 0 Å². The maximum Gasteiger partial charge on any atom is 0.341 e. The van der Waals surface area contributed by atoms with Gasteiger partial charge in [-0.3, -0.25) is 4.98 Å². The first-order valence-corrected chi connectivity index (χ1v) is 8.68. The minimum atomic E-state index is -0.478. The summed E-state index contributed by atoms with van der Waals surface area (Å²) in [6.07, 6.45) is 3.19. The summed E-state index contributed by atoms with van der Waals surface area (Å²) >= 11 is 3.18. The van der Waals surface area contributed by atoms with Crippen LogP contribution in [0.3, 0.4) is 0 Å². The Hall–Kier alpha value is -1.73. The Kier molecular flexibility index (Phi) is 5.01. The highest BCUT2D eigenvalue weighted by molar-refractivity contribution is 9.10. The van der Waals surface area contributed by atoms with E-state index in [2.05, 4.69) is 26.2 Å². The van der Waals surface area contributed by atoms with Crippen LogP contribution >= 0.6 is 15.9 Å². The molecule has 7 heteroatoms. The van der Waals surface area contributed by atoms with Gasteiger partial charge in [0.25, 0.3) is 0 Å². The minimum Gasteiger partial charge on any atom is -0.462 e. The molecule has 24 heavy (non-hydrogen) atoms. The summed E-state index contributed by atoms with van der Waals surface area (Å²) in [6, 6.07) is 2.97. The van der Waals surface area contributed by atoms with Crippen LogP contribution in [0, 0.1) is 5.82 Å². The molecule has 2 atom stereocenters. The number of nitrogens with one attached hydrogen (secondary N) is 1. The van der Waals surface area contributed by atoms with Crippen molar-refractivity contribution in [2.75, 3.05) is 11.9 Å². The number of anilines is 1. The number of rotatable bonds is 4. The highest BCUT2D eigenvalue weighted by Gasteiger charge is 2.26. The second-order valence-corrected chi connectivity index (χ2v) is 6.71. The van der Waals surface area contributed by atoms with Gasteiger partial charge in [-0.15, -0.1) is 0 Å². The summed E-state index contributed by atoms with van der Waals surface area (Å²) < 4.78 is 19.2.